The minimum absolute atomic E-state index is 0.0537. The molecule has 6 heteroatoms. The molecule has 0 saturated carbocycles. The van der Waals surface area contributed by atoms with Gasteiger partial charge in [-0.2, -0.15) is 5.26 Å². The molecule has 0 spiro atoms. The molecule has 0 unspecified atom stereocenters. The molecule has 1 aliphatic rings. The number of para-hydroxylation sites is 1. The highest BCUT2D eigenvalue weighted by Gasteiger charge is 2.40. The number of amides is 2. The number of nitrogens with one attached hydrogen (secondary N) is 1. The van der Waals surface area contributed by atoms with E-state index in [0.717, 1.165) is 17.5 Å². The van der Waals surface area contributed by atoms with E-state index in [1.54, 1.807) is 0 Å². The van der Waals surface area contributed by atoms with Gasteiger partial charge < -0.3 is 5.32 Å². The average molecular weight is 468 g/mol. The summed E-state index contributed by atoms with van der Waals surface area (Å²) in [7, 11) is 0. The lowest BCUT2D eigenvalue weighted by atomic mass is 10.1. The number of benzene rings is 3. The van der Waals surface area contributed by atoms with Gasteiger partial charge in [-0.15, -0.1) is 0 Å². The minimum Gasteiger partial charge on any atom is -0.347 e. The number of hydrogen-bond donors (Lipinski definition) is 1. The molecule has 170 valence electrons. The van der Waals surface area contributed by atoms with Crippen molar-refractivity contribution >= 4 is 29.3 Å². The van der Waals surface area contributed by atoms with Crippen LogP contribution in [-0.2, 0) is 29.0 Å². The maximum atomic E-state index is 13.5. The van der Waals surface area contributed by atoms with Crippen LogP contribution < -0.4 is 10.2 Å². The van der Waals surface area contributed by atoms with Crippen LogP contribution in [0.15, 0.2) is 95.5 Å². The van der Waals surface area contributed by atoms with Crippen LogP contribution >= 0.6 is 11.8 Å². The molecule has 1 saturated heterocycles. The molecule has 5 nitrogen and oxygen atoms in total. The van der Waals surface area contributed by atoms with E-state index in [2.05, 4.69) is 30.4 Å². The van der Waals surface area contributed by atoms with E-state index in [4.69, 9.17) is 0 Å². The Labute approximate surface area is 204 Å². The van der Waals surface area contributed by atoms with Crippen molar-refractivity contribution in [3.05, 3.63) is 112 Å². The first-order valence-electron chi connectivity index (χ1n) is 11.2. The SMILES string of the molecule is CCc1ccc(C[C@H]2S/C(=C(/C#N)C(=O)NCc3ccccc3)N(c3ccccc3)C2=O)cc1. The Morgan fingerprint density at radius 2 is 1.56 bits per heavy atom. The lowest BCUT2D eigenvalue weighted by Gasteiger charge is -2.18. The van der Waals surface area contributed by atoms with Gasteiger partial charge in [0.15, 0.2) is 0 Å². The molecule has 3 aromatic carbocycles. The molecule has 1 fully saturated rings. The normalized spacial score (nSPS) is 16.8. The molecular formula is C28H25N3O2S. The van der Waals surface area contributed by atoms with E-state index in [9.17, 15) is 14.9 Å². The largest absolute Gasteiger partial charge is 0.347 e. The Hall–Kier alpha value is -3.82. The lowest BCUT2D eigenvalue weighted by Crippen LogP contribution is -2.32. The fraction of sp³-hybridized carbons (Fsp3) is 0.179. The highest BCUT2D eigenvalue weighted by molar-refractivity contribution is 8.05. The molecule has 0 radical (unpaired) electrons. The van der Waals surface area contributed by atoms with Gasteiger partial charge in [-0.1, -0.05) is 91.5 Å². The zero-order valence-electron chi connectivity index (χ0n) is 18.9. The Bertz CT molecular complexity index is 1230. The van der Waals surface area contributed by atoms with Crippen molar-refractivity contribution < 1.29 is 9.59 Å². The second kappa shape index (κ2) is 10.9. The molecule has 0 aromatic heterocycles. The summed E-state index contributed by atoms with van der Waals surface area (Å²) in [5, 5.41) is 12.7. The van der Waals surface area contributed by atoms with Crippen LogP contribution in [0.25, 0.3) is 0 Å². The van der Waals surface area contributed by atoms with Crippen molar-refractivity contribution in [1.29, 1.82) is 5.26 Å². The standard InChI is InChI=1S/C28H25N3O2S/c1-2-20-13-15-21(16-14-20)17-25-27(33)31(23-11-7-4-8-12-23)28(34-25)24(18-29)26(32)30-19-22-9-5-3-6-10-22/h3-16,25H,2,17,19H2,1H3,(H,30,32)/b28-24-/t25-/m1/s1. The average Bonchev–Trinajstić information content (AvgIpc) is 3.20. The second-order valence-electron chi connectivity index (χ2n) is 7.95. The van der Waals surface area contributed by atoms with Gasteiger partial charge in [0.05, 0.1) is 5.25 Å². The molecule has 1 heterocycles. The van der Waals surface area contributed by atoms with Crippen LogP contribution in [0.1, 0.15) is 23.6 Å². The number of rotatable bonds is 7. The van der Waals surface area contributed by atoms with Crippen molar-refractivity contribution in [2.24, 2.45) is 0 Å². The smallest absolute Gasteiger partial charge is 0.264 e. The first-order chi connectivity index (χ1) is 16.6. The van der Waals surface area contributed by atoms with Crippen molar-refractivity contribution in [2.75, 3.05) is 4.90 Å². The summed E-state index contributed by atoms with van der Waals surface area (Å²) in [6, 6.07) is 29.0. The summed E-state index contributed by atoms with van der Waals surface area (Å²) >= 11 is 1.28. The molecule has 0 aliphatic carbocycles. The van der Waals surface area contributed by atoms with Crippen LogP contribution in [0.4, 0.5) is 5.69 Å². The third kappa shape index (κ3) is 5.22. The first kappa shape index (κ1) is 23.3. The van der Waals surface area contributed by atoms with Crippen molar-refractivity contribution in [3.63, 3.8) is 0 Å². The van der Waals surface area contributed by atoms with Crippen molar-refractivity contribution in [2.45, 2.75) is 31.6 Å². The van der Waals surface area contributed by atoms with Crippen LogP contribution in [0.5, 0.6) is 0 Å². The van der Waals surface area contributed by atoms with Gasteiger partial charge >= 0.3 is 0 Å². The zero-order valence-corrected chi connectivity index (χ0v) is 19.7. The number of carbonyl (C=O) groups excluding carboxylic acids is 2. The van der Waals surface area contributed by atoms with Gasteiger partial charge in [-0.05, 0) is 41.7 Å². The number of anilines is 1. The van der Waals surface area contributed by atoms with Gasteiger partial charge in [-0.3, -0.25) is 14.5 Å². The Morgan fingerprint density at radius 1 is 0.941 bits per heavy atom. The van der Waals surface area contributed by atoms with E-state index in [0.29, 0.717) is 23.7 Å². The Balaban J connectivity index is 1.63. The van der Waals surface area contributed by atoms with Gasteiger partial charge in [0.25, 0.3) is 5.91 Å². The third-order valence-corrected chi connectivity index (χ3v) is 6.93. The Morgan fingerprint density at radius 3 is 2.18 bits per heavy atom. The van der Waals surface area contributed by atoms with E-state index >= 15 is 0 Å². The van der Waals surface area contributed by atoms with E-state index in [-0.39, 0.29) is 11.5 Å². The lowest BCUT2D eigenvalue weighted by molar-refractivity contribution is -0.117. The molecule has 3 aromatic rings. The van der Waals surface area contributed by atoms with Gasteiger partial charge in [0.2, 0.25) is 5.91 Å². The van der Waals surface area contributed by atoms with Crippen LogP contribution in [0.2, 0.25) is 0 Å². The fourth-order valence-electron chi connectivity index (χ4n) is 3.79. The topological polar surface area (TPSA) is 73.2 Å². The predicted molar refractivity (Wildman–Crippen MR) is 136 cm³/mol. The summed E-state index contributed by atoms with van der Waals surface area (Å²) in [6.45, 7) is 2.40. The minimum atomic E-state index is -0.490. The van der Waals surface area contributed by atoms with E-state index in [1.165, 1.54) is 22.2 Å². The van der Waals surface area contributed by atoms with Crippen LogP contribution in [0, 0.1) is 11.3 Å². The monoisotopic (exact) mass is 467 g/mol. The summed E-state index contributed by atoms with van der Waals surface area (Å²) in [5.41, 5.74) is 3.80. The molecule has 1 aliphatic heterocycles. The molecule has 4 rings (SSSR count). The quantitative estimate of drug-likeness (QED) is 0.392. The Kier molecular flexibility index (Phi) is 7.46. The van der Waals surface area contributed by atoms with E-state index < -0.39 is 11.2 Å². The highest BCUT2D eigenvalue weighted by atomic mass is 32.2. The molecular weight excluding hydrogens is 442 g/mol. The van der Waals surface area contributed by atoms with Gasteiger partial charge in [0.1, 0.15) is 16.7 Å². The number of carbonyl (C=O) groups is 2. The third-order valence-electron chi connectivity index (χ3n) is 5.67. The molecule has 1 N–H and O–H groups in total. The number of nitriles is 1. The van der Waals surface area contributed by atoms with Crippen molar-refractivity contribution in [1.82, 2.24) is 5.32 Å². The maximum Gasteiger partial charge on any atom is 0.264 e. The first-order valence-corrected chi connectivity index (χ1v) is 12.1. The number of hydrogen-bond acceptors (Lipinski definition) is 4. The number of aryl methyl sites for hydroxylation is 1. The van der Waals surface area contributed by atoms with Gasteiger partial charge in [0, 0.05) is 12.2 Å². The molecule has 1 atom stereocenters. The summed E-state index contributed by atoms with van der Waals surface area (Å²) in [4.78, 5) is 28.0. The molecule has 2 amide bonds. The second-order valence-corrected chi connectivity index (χ2v) is 9.14. The summed E-state index contributed by atoms with van der Waals surface area (Å²) in [6.07, 6.45) is 1.47. The summed E-state index contributed by atoms with van der Waals surface area (Å²) < 4.78 is 0. The van der Waals surface area contributed by atoms with Gasteiger partial charge in [-0.25, -0.2) is 0 Å². The fourth-order valence-corrected chi connectivity index (χ4v) is 5.10. The molecule has 34 heavy (non-hydrogen) atoms. The molecule has 0 bridgehead atoms. The zero-order chi connectivity index (χ0) is 23.9. The maximum absolute atomic E-state index is 13.5. The number of thioether (sulfide) groups is 1. The van der Waals surface area contributed by atoms with E-state index in [1.807, 2.05) is 72.8 Å². The summed E-state index contributed by atoms with van der Waals surface area (Å²) in [5.74, 6) is -0.620. The van der Waals surface area contributed by atoms with Crippen LogP contribution in [-0.4, -0.2) is 17.1 Å². The van der Waals surface area contributed by atoms with Crippen LogP contribution in [0.3, 0.4) is 0 Å². The predicted octanol–water partition coefficient (Wildman–Crippen LogP) is 4.99. The van der Waals surface area contributed by atoms with Crippen molar-refractivity contribution in [3.8, 4) is 6.07 Å². The number of nitrogens with zero attached hydrogens (tertiary/aromatic N) is 2. The highest BCUT2D eigenvalue weighted by Crippen LogP contribution is 2.41.